The Bertz CT molecular complexity index is 1330. The number of hydroxylamine groups is 1. The van der Waals surface area contributed by atoms with E-state index in [1.54, 1.807) is 11.1 Å². The van der Waals surface area contributed by atoms with E-state index < -0.39 is 0 Å². The van der Waals surface area contributed by atoms with Gasteiger partial charge < -0.3 is 5.21 Å². The zero-order valence-corrected chi connectivity index (χ0v) is 18.7. The molecule has 3 heteroatoms. The molecule has 6 rings (SSSR count). The van der Waals surface area contributed by atoms with Crippen LogP contribution in [0.25, 0.3) is 33.2 Å². The third-order valence-electron chi connectivity index (χ3n) is 6.84. The number of aryl methyl sites for hydroxylation is 1. The number of hydrogen-bond donors (Lipinski definition) is 2. The van der Waals surface area contributed by atoms with Gasteiger partial charge in [0.05, 0.1) is 0 Å². The predicted octanol–water partition coefficient (Wildman–Crippen LogP) is 7.15. The number of allylic oxidation sites excluding steroid dienone is 1. The van der Waals surface area contributed by atoms with Crippen molar-refractivity contribution in [1.29, 1.82) is 0 Å². The molecule has 0 aliphatic heterocycles. The molecule has 0 spiro atoms. The van der Waals surface area contributed by atoms with E-state index in [0.29, 0.717) is 6.54 Å². The number of thiophene rings is 1. The van der Waals surface area contributed by atoms with Crippen LogP contribution in [-0.4, -0.2) is 5.21 Å². The summed E-state index contributed by atoms with van der Waals surface area (Å²) in [4.78, 5) is 2.66. The number of hydrogen-bond acceptors (Lipinski definition) is 3. The molecule has 2 aliphatic carbocycles. The van der Waals surface area contributed by atoms with E-state index in [2.05, 4.69) is 84.4 Å². The first-order valence-electron chi connectivity index (χ1n) is 11.3. The number of nitrogens with one attached hydrogen (secondary N) is 1. The van der Waals surface area contributed by atoms with Crippen LogP contribution in [-0.2, 0) is 25.8 Å². The Kier molecular flexibility index (Phi) is 5.03. The second kappa shape index (κ2) is 8.18. The van der Waals surface area contributed by atoms with Crippen LogP contribution in [0, 0.1) is 0 Å². The van der Waals surface area contributed by atoms with Crippen LogP contribution >= 0.6 is 11.3 Å². The first-order chi connectivity index (χ1) is 15.8. The third kappa shape index (κ3) is 3.43. The zero-order chi connectivity index (χ0) is 21.5. The molecule has 158 valence electrons. The van der Waals surface area contributed by atoms with Gasteiger partial charge in [0.2, 0.25) is 0 Å². The van der Waals surface area contributed by atoms with Gasteiger partial charge in [-0.1, -0.05) is 66.7 Å². The van der Waals surface area contributed by atoms with E-state index in [-0.39, 0.29) is 0 Å². The number of benzene rings is 3. The molecule has 1 aromatic heterocycles. The second-order valence-corrected chi connectivity index (χ2v) is 9.77. The minimum atomic E-state index is 0.470. The standard InChI is InChI=1S/C29H25NOS/c31-30-18-19-5-7-21(8-6-19)28-15-16-29(32-28)23-11-12-25-22(17-23)10-14-26-24-4-2-1-3-20(24)9-13-27(25)26/h1-8,10,14-17,30-31H,9,11-13,18H2. The van der Waals surface area contributed by atoms with Crippen LogP contribution in [0.5, 0.6) is 0 Å². The Labute approximate surface area is 192 Å². The molecule has 4 aromatic rings. The molecule has 3 aromatic carbocycles. The smallest absolute Gasteiger partial charge is 0.0458 e. The summed E-state index contributed by atoms with van der Waals surface area (Å²) in [6, 6.07) is 26.5. The van der Waals surface area contributed by atoms with E-state index in [1.165, 1.54) is 43.1 Å². The van der Waals surface area contributed by atoms with Crippen molar-refractivity contribution >= 4 is 23.0 Å². The molecule has 0 radical (unpaired) electrons. The fourth-order valence-corrected chi connectivity index (χ4v) is 6.25. The van der Waals surface area contributed by atoms with Gasteiger partial charge in [0, 0.05) is 16.3 Å². The lowest BCUT2D eigenvalue weighted by Gasteiger charge is -2.26. The van der Waals surface area contributed by atoms with Crippen molar-refractivity contribution < 1.29 is 5.21 Å². The zero-order valence-electron chi connectivity index (χ0n) is 17.9. The number of rotatable bonds is 4. The SMILES string of the molecule is ONCc1ccc(-c2ccc(C3=Cc4ccc5c(c4CC3)CCc3ccccc3-5)s2)cc1. The van der Waals surface area contributed by atoms with E-state index in [0.717, 1.165) is 31.2 Å². The maximum Gasteiger partial charge on any atom is 0.0458 e. The molecule has 0 saturated heterocycles. The molecule has 2 aliphatic rings. The highest BCUT2D eigenvalue weighted by Crippen LogP contribution is 2.42. The first-order valence-corrected chi connectivity index (χ1v) is 12.1. The molecule has 1 heterocycles. The monoisotopic (exact) mass is 435 g/mol. The van der Waals surface area contributed by atoms with Crippen molar-refractivity contribution in [2.75, 3.05) is 0 Å². The predicted molar refractivity (Wildman–Crippen MR) is 134 cm³/mol. The van der Waals surface area contributed by atoms with Crippen LogP contribution in [0.2, 0.25) is 0 Å². The fraction of sp³-hybridized carbons (Fsp3) is 0.172. The summed E-state index contributed by atoms with van der Waals surface area (Å²) < 4.78 is 0. The van der Waals surface area contributed by atoms with Crippen molar-refractivity contribution in [2.24, 2.45) is 0 Å². The topological polar surface area (TPSA) is 32.3 Å². The van der Waals surface area contributed by atoms with Gasteiger partial charge in [0.15, 0.2) is 0 Å². The third-order valence-corrected chi connectivity index (χ3v) is 8.05. The van der Waals surface area contributed by atoms with Gasteiger partial charge in [-0.15, -0.1) is 11.3 Å². The molecule has 0 unspecified atom stereocenters. The van der Waals surface area contributed by atoms with Gasteiger partial charge in [-0.25, -0.2) is 5.48 Å². The van der Waals surface area contributed by atoms with Crippen LogP contribution in [0.3, 0.4) is 0 Å². The molecule has 0 amide bonds. The van der Waals surface area contributed by atoms with Gasteiger partial charge in [-0.05, 0) is 87.9 Å². The summed E-state index contributed by atoms with van der Waals surface area (Å²) in [5.74, 6) is 0. The van der Waals surface area contributed by atoms with Crippen molar-refractivity contribution in [1.82, 2.24) is 5.48 Å². The summed E-state index contributed by atoms with van der Waals surface area (Å²) in [5.41, 5.74) is 14.9. The maximum absolute atomic E-state index is 8.88. The lowest BCUT2D eigenvalue weighted by atomic mass is 9.78. The minimum Gasteiger partial charge on any atom is -0.316 e. The van der Waals surface area contributed by atoms with Gasteiger partial charge in [0.25, 0.3) is 0 Å². The highest BCUT2D eigenvalue weighted by molar-refractivity contribution is 7.16. The molecule has 0 fully saturated rings. The van der Waals surface area contributed by atoms with Crippen LogP contribution < -0.4 is 5.48 Å². The van der Waals surface area contributed by atoms with Gasteiger partial charge >= 0.3 is 0 Å². The van der Waals surface area contributed by atoms with Gasteiger partial charge in [-0.3, -0.25) is 0 Å². The molecule has 0 atom stereocenters. The highest BCUT2D eigenvalue weighted by atomic mass is 32.1. The maximum atomic E-state index is 8.88. The van der Waals surface area contributed by atoms with Crippen molar-refractivity contribution in [3.8, 4) is 21.6 Å². The number of fused-ring (bicyclic) bond motifs is 5. The Balaban J connectivity index is 1.31. The minimum absolute atomic E-state index is 0.470. The Morgan fingerprint density at radius 2 is 1.53 bits per heavy atom. The lowest BCUT2D eigenvalue weighted by molar-refractivity contribution is 0.161. The van der Waals surface area contributed by atoms with Crippen LogP contribution in [0.15, 0.2) is 72.8 Å². The molecular formula is C29H25NOS. The lowest BCUT2D eigenvalue weighted by Crippen LogP contribution is -2.10. The summed E-state index contributed by atoms with van der Waals surface area (Å²) >= 11 is 1.87. The molecule has 0 saturated carbocycles. The van der Waals surface area contributed by atoms with Crippen molar-refractivity contribution in [3.63, 3.8) is 0 Å². The van der Waals surface area contributed by atoms with Crippen molar-refractivity contribution in [2.45, 2.75) is 32.2 Å². The van der Waals surface area contributed by atoms with Crippen LogP contribution in [0.4, 0.5) is 0 Å². The van der Waals surface area contributed by atoms with E-state index in [4.69, 9.17) is 5.21 Å². The molecule has 32 heavy (non-hydrogen) atoms. The molecule has 2 N–H and O–H groups in total. The Morgan fingerprint density at radius 3 is 2.41 bits per heavy atom. The largest absolute Gasteiger partial charge is 0.316 e. The van der Waals surface area contributed by atoms with E-state index in [1.807, 2.05) is 11.3 Å². The average Bonchev–Trinajstić information content (AvgIpc) is 3.34. The molecule has 2 nitrogen and oxygen atoms in total. The van der Waals surface area contributed by atoms with Crippen LogP contribution in [0.1, 0.15) is 39.1 Å². The second-order valence-electron chi connectivity index (χ2n) is 8.68. The Hall–Kier alpha value is -2.98. The summed E-state index contributed by atoms with van der Waals surface area (Å²) in [6.07, 6.45) is 6.96. The average molecular weight is 436 g/mol. The van der Waals surface area contributed by atoms with E-state index >= 15 is 0 Å². The summed E-state index contributed by atoms with van der Waals surface area (Å²) in [6.45, 7) is 0.470. The summed E-state index contributed by atoms with van der Waals surface area (Å²) in [5, 5.41) is 8.88. The highest BCUT2D eigenvalue weighted by Gasteiger charge is 2.22. The molecule has 0 bridgehead atoms. The van der Waals surface area contributed by atoms with Crippen molar-refractivity contribution in [3.05, 3.63) is 105 Å². The van der Waals surface area contributed by atoms with Gasteiger partial charge in [-0.2, -0.15) is 0 Å². The van der Waals surface area contributed by atoms with Gasteiger partial charge in [0.1, 0.15) is 0 Å². The molecular weight excluding hydrogens is 410 g/mol. The summed E-state index contributed by atoms with van der Waals surface area (Å²) in [7, 11) is 0. The fourth-order valence-electron chi connectivity index (χ4n) is 5.20. The normalized spacial score (nSPS) is 14.3. The van der Waals surface area contributed by atoms with E-state index in [9.17, 15) is 0 Å². The quantitative estimate of drug-likeness (QED) is 0.334. The Morgan fingerprint density at radius 1 is 0.719 bits per heavy atom. The first kappa shape index (κ1) is 19.7.